The maximum Gasteiger partial charge on any atom is 0.343 e. The van der Waals surface area contributed by atoms with Gasteiger partial charge in [0.25, 0.3) is 0 Å². The van der Waals surface area contributed by atoms with E-state index < -0.39 is 0 Å². The van der Waals surface area contributed by atoms with Gasteiger partial charge >= 0.3 is 5.69 Å². The molecule has 1 amide bonds. The van der Waals surface area contributed by atoms with Gasteiger partial charge in [-0.05, 0) is 36.6 Å². The molecule has 0 aliphatic heterocycles. The Morgan fingerprint density at radius 2 is 1.90 bits per heavy atom. The second-order valence-electron chi connectivity index (χ2n) is 6.52. The summed E-state index contributed by atoms with van der Waals surface area (Å²) < 4.78 is 6.71. The van der Waals surface area contributed by atoms with E-state index >= 15 is 0 Å². The Hall–Kier alpha value is -3.00. The van der Waals surface area contributed by atoms with Crippen molar-refractivity contribution in [2.75, 3.05) is 7.11 Å². The van der Waals surface area contributed by atoms with E-state index in [-0.39, 0.29) is 16.8 Å². The summed E-state index contributed by atoms with van der Waals surface area (Å²) in [6.45, 7) is 2.73. The van der Waals surface area contributed by atoms with Crippen LogP contribution in [0.4, 0.5) is 0 Å². The number of hydrogen-bond acceptors (Lipinski definition) is 5. The molecular weight excluding hydrogens is 388 g/mol. The van der Waals surface area contributed by atoms with Crippen LogP contribution >= 0.6 is 11.8 Å². The first kappa shape index (κ1) is 20.7. The number of nitrogens with zero attached hydrogens (tertiary/aromatic N) is 2. The van der Waals surface area contributed by atoms with Gasteiger partial charge in [0.05, 0.1) is 12.4 Å². The molecule has 0 saturated carbocycles. The van der Waals surface area contributed by atoms with Crippen molar-refractivity contribution < 1.29 is 9.53 Å². The third-order valence-electron chi connectivity index (χ3n) is 4.47. The van der Waals surface area contributed by atoms with Gasteiger partial charge in [-0.2, -0.15) is 0 Å². The van der Waals surface area contributed by atoms with Crippen LogP contribution in [-0.4, -0.2) is 33.0 Å². The van der Waals surface area contributed by atoms with Gasteiger partial charge in [-0.25, -0.2) is 9.89 Å². The standard InChI is InChI=1S/C21H24N4O3S/c1-15(19(26)22-14-17-8-10-18(28-2)11-9-17)29-21-24-23-20(27)25(21)13-12-16-6-4-3-5-7-16/h3-11,15H,12-14H2,1-2H3,(H,22,26)(H,23,27). The van der Waals surface area contributed by atoms with E-state index in [0.717, 1.165) is 16.9 Å². The highest BCUT2D eigenvalue weighted by Gasteiger charge is 2.19. The quantitative estimate of drug-likeness (QED) is 0.528. The minimum atomic E-state index is -0.390. The van der Waals surface area contributed by atoms with Gasteiger partial charge in [-0.15, -0.1) is 5.10 Å². The lowest BCUT2D eigenvalue weighted by molar-refractivity contribution is -0.120. The van der Waals surface area contributed by atoms with E-state index in [1.165, 1.54) is 11.8 Å². The molecular formula is C21H24N4O3S. The zero-order chi connectivity index (χ0) is 20.6. The highest BCUT2D eigenvalue weighted by Crippen LogP contribution is 2.20. The van der Waals surface area contributed by atoms with Gasteiger partial charge in [0.1, 0.15) is 5.75 Å². The van der Waals surface area contributed by atoms with E-state index in [0.29, 0.717) is 24.7 Å². The summed E-state index contributed by atoms with van der Waals surface area (Å²) in [5.74, 6) is 0.659. The summed E-state index contributed by atoms with van der Waals surface area (Å²) in [6.07, 6.45) is 0.714. The number of carbonyl (C=O) groups is 1. The maximum atomic E-state index is 12.5. The number of H-pyrrole nitrogens is 1. The molecule has 3 rings (SSSR count). The van der Waals surface area contributed by atoms with Crippen LogP contribution in [0, 0.1) is 0 Å². The molecule has 0 radical (unpaired) electrons. The molecule has 1 aromatic heterocycles. The van der Waals surface area contributed by atoms with Crippen molar-refractivity contribution in [1.82, 2.24) is 20.1 Å². The summed E-state index contributed by atoms with van der Waals surface area (Å²) >= 11 is 1.26. The predicted octanol–water partition coefficient (Wildman–Crippen LogP) is 2.62. The third kappa shape index (κ3) is 5.74. The number of benzene rings is 2. The first-order valence-electron chi connectivity index (χ1n) is 9.33. The molecule has 0 aliphatic carbocycles. The molecule has 0 saturated heterocycles. The average molecular weight is 413 g/mol. The molecule has 152 valence electrons. The zero-order valence-corrected chi connectivity index (χ0v) is 17.2. The van der Waals surface area contributed by atoms with Crippen LogP contribution in [0.1, 0.15) is 18.1 Å². The van der Waals surface area contributed by atoms with Crippen molar-refractivity contribution in [3.05, 3.63) is 76.2 Å². The Balaban J connectivity index is 1.56. The van der Waals surface area contributed by atoms with Crippen molar-refractivity contribution in [3.8, 4) is 5.75 Å². The normalized spacial score (nSPS) is 11.8. The first-order valence-corrected chi connectivity index (χ1v) is 10.2. The number of carbonyl (C=O) groups excluding carboxylic acids is 1. The SMILES string of the molecule is COc1ccc(CNC(=O)C(C)Sc2n[nH]c(=O)n2CCc2ccccc2)cc1. The lowest BCUT2D eigenvalue weighted by Gasteiger charge is -2.12. The van der Waals surface area contributed by atoms with E-state index in [1.807, 2.05) is 54.6 Å². The number of thioether (sulfide) groups is 1. The van der Waals surface area contributed by atoms with Gasteiger partial charge in [-0.1, -0.05) is 54.2 Å². The van der Waals surface area contributed by atoms with Crippen molar-refractivity contribution in [2.24, 2.45) is 0 Å². The van der Waals surface area contributed by atoms with Crippen LogP contribution in [0.25, 0.3) is 0 Å². The van der Waals surface area contributed by atoms with Crippen molar-refractivity contribution in [2.45, 2.75) is 36.8 Å². The topological polar surface area (TPSA) is 89.0 Å². The Labute approximate surface area is 173 Å². The van der Waals surface area contributed by atoms with Gasteiger partial charge in [-0.3, -0.25) is 9.36 Å². The smallest absolute Gasteiger partial charge is 0.343 e. The van der Waals surface area contributed by atoms with E-state index in [4.69, 9.17) is 4.74 Å². The molecule has 1 unspecified atom stereocenters. The van der Waals surface area contributed by atoms with Crippen LogP contribution in [0.15, 0.2) is 64.5 Å². The Kier molecular flexibility index (Phi) is 7.13. The Morgan fingerprint density at radius 1 is 1.17 bits per heavy atom. The van der Waals surface area contributed by atoms with Gasteiger partial charge in [0.15, 0.2) is 5.16 Å². The van der Waals surface area contributed by atoms with Crippen molar-refractivity contribution >= 4 is 17.7 Å². The van der Waals surface area contributed by atoms with Crippen LogP contribution in [0.3, 0.4) is 0 Å². The third-order valence-corrected chi connectivity index (χ3v) is 5.56. The fraction of sp³-hybridized carbons (Fsp3) is 0.286. The molecule has 3 aromatic rings. The first-order chi connectivity index (χ1) is 14.1. The summed E-state index contributed by atoms with van der Waals surface area (Å²) in [4.78, 5) is 24.6. The van der Waals surface area contributed by atoms with Crippen LogP contribution in [0.5, 0.6) is 5.75 Å². The molecule has 2 aromatic carbocycles. The highest BCUT2D eigenvalue weighted by molar-refractivity contribution is 8.00. The van der Waals surface area contributed by atoms with Gasteiger partial charge in [0, 0.05) is 13.1 Å². The monoisotopic (exact) mass is 412 g/mol. The maximum absolute atomic E-state index is 12.5. The number of methoxy groups -OCH3 is 1. The predicted molar refractivity (Wildman–Crippen MR) is 113 cm³/mol. The van der Waals surface area contributed by atoms with E-state index in [9.17, 15) is 9.59 Å². The number of aryl methyl sites for hydroxylation is 1. The van der Waals surface area contributed by atoms with Crippen molar-refractivity contribution in [3.63, 3.8) is 0 Å². The number of hydrogen-bond donors (Lipinski definition) is 2. The number of ether oxygens (including phenoxy) is 1. The second kappa shape index (κ2) is 9.97. The summed E-state index contributed by atoms with van der Waals surface area (Å²) in [5, 5.41) is 9.60. The van der Waals surface area contributed by atoms with Gasteiger partial charge < -0.3 is 10.1 Å². The van der Waals surface area contributed by atoms with Crippen molar-refractivity contribution in [1.29, 1.82) is 0 Å². The minimum Gasteiger partial charge on any atom is -0.497 e. The minimum absolute atomic E-state index is 0.115. The fourth-order valence-electron chi connectivity index (χ4n) is 2.76. The number of nitrogens with one attached hydrogen (secondary N) is 2. The molecule has 7 nitrogen and oxygen atoms in total. The Morgan fingerprint density at radius 3 is 2.59 bits per heavy atom. The molecule has 0 aliphatic rings. The molecule has 8 heteroatoms. The fourth-order valence-corrected chi connectivity index (χ4v) is 3.67. The number of rotatable bonds is 9. The molecule has 1 heterocycles. The number of amides is 1. The summed E-state index contributed by atoms with van der Waals surface area (Å²) in [7, 11) is 1.62. The molecule has 0 spiro atoms. The van der Waals surface area contributed by atoms with E-state index in [2.05, 4.69) is 15.5 Å². The van der Waals surface area contributed by atoms with Crippen LogP contribution in [-0.2, 0) is 24.3 Å². The second-order valence-corrected chi connectivity index (χ2v) is 7.83. The van der Waals surface area contributed by atoms with E-state index in [1.54, 1.807) is 18.6 Å². The lowest BCUT2D eigenvalue weighted by atomic mass is 10.1. The zero-order valence-electron chi connectivity index (χ0n) is 16.4. The van der Waals surface area contributed by atoms with Gasteiger partial charge in [0.2, 0.25) is 5.91 Å². The number of aromatic nitrogens is 3. The van der Waals surface area contributed by atoms with Crippen LogP contribution in [0.2, 0.25) is 0 Å². The molecule has 29 heavy (non-hydrogen) atoms. The Bertz CT molecular complexity index is 983. The molecule has 0 bridgehead atoms. The summed E-state index contributed by atoms with van der Waals surface area (Å²) in [5.41, 5.74) is 1.85. The van der Waals surface area contributed by atoms with Crippen LogP contribution < -0.4 is 15.7 Å². The molecule has 0 fully saturated rings. The average Bonchev–Trinajstić information content (AvgIpc) is 3.10. The lowest BCUT2D eigenvalue weighted by Crippen LogP contribution is -2.31. The highest BCUT2D eigenvalue weighted by atomic mass is 32.2. The molecule has 2 N–H and O–H groups in total. The molecule has 1 atom stereocenters. The number of aromatic amines is 1. The summed E-state index contributed by atoms with van der Waals surface area (Å²) in [6, 6.07) is 17.5. The largest absolute Gasteiger partial charge is 0.497 e.